The van der Waals surface area contributed by atoms with E-state index < -0.39 is 17.6 Å². The fourth-order valence-corrected chi connectivity index (χ4v) is 8.12. The number of aliphatic hydroxyl groups is 1. The van der Waals surface area contributed by atoms with Crippen molar-refractivity contribution in [3.63, 3.8) is 0 Å². The quantitative estimate of drug-likeness (QED) is 0.0708. The molecule has 15 nitrogen and oxygen atoms in total. The maximum Gasteiger partial charge on any atom is 0.278 e. The first-order chi connectivity index (χ1) is 27.6. The molecule has 2 atom stereocenters. The van der Waals surface area contributed by atoms with Crippen molar-refractivity contribution >= 4 is 51.8 Å². The van der Waals surface area contributed by atoms with Crippen LogP contribution in [0, 0.1) is 0 Å². The number of anilines is 4. The number of allylic oxidation sites excluding steroid dienone is 1. The molecule has 15 heteroatoms. The molecule has 2 aliphatic heterocycles. The molecule has 1 fully saturated rings. The summed E-state index contributed by atoms with van der Waals surface area (Å²) < 4.78 is 3.21. The van der Waals surface area contributed by atoms with Gasteiger partial charge in [0.05, 0.1) is 12.2 Å². The highest BCUT2D eigenvalue weighted by molar-refractivity contribution is 6.06. The van der Waals surface area contributed by atoms with Crippen LogP contribution in [0.25, 0.3) is 16.9 Å². The van der Waals surface area contributed by atoms with Gasteiger partial charge in [0.2, 0.25) is 17.8 Å². The Labute approximate surface area is 329 Å². The van der Waals surface area contributed by atoms with Crippen LogP contribution in [0.3, 0.4) is 0 Å². The van der Waals surface area contributed by atoms with Crippen LogP contribution in [0.4, 0.5) is 23.0 Å². The van der Waals surface area contributed by atoms with Crippen LogP contribution in [0.1, 0.15) is 72.6 Å². The second-order valence-electron chi connectivity index (χ2n) is 14.9. The number of rotatable bonds is 14. The first kappa shape index (κ1) is 37.6. The average molecular weight is 771 g/mol. The molecule has 0 saturated carbocycles. The molecule has 294 valence electrons. The number of hydrogen-bond acceptors (Lipinski definition) is 11. The minimum Gasteiger partial charge on any atom is -0.385 e. The van der Waals surface area contributed by atoms with Crippen LogP contribution in [0.5, 0.6) is 0 Å². The molecule has 0 radical (unpaired) electrons. The Morgan fingerprint density at radius 1 is 1.05 bits per heavy atom. The van der Waals surface area contributed by atoms with E-state index in [4.69, 9.17) is 9.97 Å². The van der Waals surface area contributed by atoms with Gasteiger partial charge in [-0.1, -0.05) is 25.1 Å². The molecule has 1 aliphatic carbocycles. The third-order valence-corrected chi connectivity index (χ3v) is 11.4. The number of carbonyl (C=O) groups excluding carboxylic acids is 3. The number of aryl methyl sites for hydroxylation is 1. The number of amides is 3. The van der Waals surface area contributed by atoms with Crippen LogP contribution < -0.4 is 26.4 Å². The number of unbranched alkanes of at least 4 members (excludes halogenated alkanes) is 1. The maximum absolute atomic E-state index is 13.5. The minimum absolute atomic E-state index is 0.181. The van der Waals surface area contributed by atoms with Crippen molar-refractivity contribution in [3.8, 4) is 5.82 Å². The van der Waals surface area contributed by atoms with E-state index in [2.05, 4.69) is 32.4 Å². The molecular weight excluding hydrogens is 725 g/mol. The molecule has 0 bridgehead atoms. The average Bonchev–Trinajstić information content (AvgIpc) is 3.83. The van der Waals surface area contributed by atoms with E-state index in [0.717, 1.165) is 60.5 Å². The topological polar surface area (TPSA) is 180 Å². The Bertz CT molecular complexity index is 2460. The summed E-state index contributed by atoms with van der Waals surface area (Å²) in [6.07, 6.45) is 7.47. The van der Waals surface area contributed by atoms with Crippen molar-refractivity contribution in [2.45, 2.75) is 76.6 Å². The Balaban J connectivity index is 0.886. The third-order valence-electron chi connectivity index (χ3n) is 11.4. The highest BCUT2D eigenvalue weighted by atomic mass is 16.3. The first-order valence-corrected chi connectivity index (χ1v) is 19.5. The zero-order chi connectivity index (χ0) is 39.8. The van der Waals surface area contributed by atoms with Gasteiger partial charge in [-0.15, -0.1) is 6.58 Å². The van der Waals surface area contributed by atoms with Gasteiger partial charge in [0.25, 0.3) is 11.5 Å². The summed E-state index contributed by atoms with van der Waals surface area (Å²) >= 11 is 0. The molecule has 1 saturated heterocycles. The van der Waals surface area contributed by atoms with Gasteiger partial charge >= 0.3 is 0 Å². The summed E-state index contributed by atoms with van der Waals surface area (Å²) in [5.41, 5.74) is 4.97. The lowest BCUT2D eigenvalue weighted by atomic mass is 9.98. The molecule has 3 amide bonds. The molecule has 8 rings (SSSR count). The van der Waals surface area contributed by atoms with Crippen molar-refractivity contribution in [2.24, 2.45) is 0 Å². The summed E-state index contributed by atoms with van der Waals surface area (Å²) in [5.74, 6) is -0.0824. The van der Waals surface area contributed by atoms with Crippen LogP contribution in [-0.2, 0) is 34.7 Å². The molecule has 3 aromatic heterocycles. The first-order valence-electron chi connectivity index (χ1n) is 19.5. The largest absolute Gasteiger partial charge is 0.385 e. The predicted octanol–water partition coefficient (Wildman–Crippen LogP) is 4.54. The summed E-state index contributed by atoms with van der Waals surface area (Å²) in [7, 11) is 2.05. The van der Waals surface area contributed by atoms with Gasteiger partial charge in [-0.25, -0.2) is 19.3 Å². The molecule has 5 aromatic rings. The summed E-state index contributed by atoms with van der Waals surface area (Å²) in [6, 6.07) is 16.8. The lowest BCUT2D eigenvalue weighted by Crippen LogP contribution is -2.52. The van der Waals surface area contributed by atoms with E-state index in [0.29, 0.717) is 59.9 Å². The molecule has 2 aromatic carbocycles. The number of hydrogen-bond donors (Lipinski definition) is 4. The monoisotopic (exact) mass is 770 g/mol. The number of carbonyl (C=O) groups is 3. The minimum atomic E-state index is -1.00. The normalized spacial score (nSPS) is 18.8. The molecule has 5 heterocycles. The van der Waals surface area contributed by atoms with E-state index >= 15 is 0 Å². The Morgan fingerprint density at radius 3 is 2.65 bits per heavy atom. The maximum atomic E-state index is 13.5. The summed E-state index contributed by atoms with van der Waals surface area (Å²) in [6.45, 7) is 7.91. The smallest absolute Gasteiger partial charge is 0.278 e. The van der Waals surface area contributed by atoms with Crippen molar-refractivity contribution in [1.29, 1.82) is 0 Å². The number of piperidine rings is 1. The number of pyridine rings is 1. The fourth-order valence-electron chi connectivity index (χ4n) is 8.12. The van der Waals surface area contributed by atoms with Gasteiger partial charge in [0.15, 0.2) is 11.5 Å². The van der Waals surface area contributed by atoms with Gasteiger partial charge < -0.3 is 25.5 Å². The number of benzene rings is 2. The predicted molar refractivity (Wildman–Crippen MR) is 217 cm³/mol. The third kappa shape index (κ3) is 7.03. The number of fused-ring (bicyclic) bond motifs is 3. The van der Waals surface area contributed by atoms with Gasteiger partial charge in [0, 0.05) is 67.5 Å². The van der Waals surface area contributed by atoms with Gasteiger partial charge in [-0.3, -0.25) is 24.5 Å². The van der Waals surface area contributed by atoms with Crippen LogP contribution in [0.2, 0.25) is 0 Å². The second-order valence-corrected chi connectivity index (χ2v) is 14.9. The van der Waals surface area contributed by atoms with E-state index in [9.17, 15) is 24.3 Å². The van der Waals surface area contributed by atoms with Crippen molar-refractivity contribution < 1.29 is 19.5 Å². The molecule has 57 heavy (non-hydrogen) atoms. The van der Waals surface area contributed by atoms with E-state index in [1.807, 2.05) is 62.5 Å². The highest BCUT2D eigenvalue weighted by Gasteiger charge is 2.40. The molecule has 0 spiro atoms. The molecule has 1 unspecified atom stereocenters. The zero-order valence-corrected chi connectivity index (χ0v) is 32.1. The lowest BCUT2D eigenvalue weighted by molar-refractivity contribution is -0.136. The van der Waals surface area contributed by atoms with Gasteiger partial charge in [0.1, 0.15) is 17.0 Å². The zero-order valence-electron chi connectivity index (χ0n) is 32.1. The van der Waals surface area contributed by atoms with E-state index in [-0.39, 0.29) is 30.3 Å². The molecule has 3 aliphatic rings. The summed E-state index contributed by atoms with van der Waals surface area (Å²) in [4.78, 5) is 68.6. The number of aromatic nitrogens is 5. The van der Waals surface area contributed by atoms with Crippen molar-refractivity contribution in [1.82, 2.24) is 34.5 Å². The molecule has 4 N–H and O–H groups in total. The van der Waals surface area contributed by atoms with Crippen LogP contribution in [0.15, 0.2) is 78.2 Å². The highest BCUT2D eigenvalue weighted by Crippen LogP contribution is 2.38. The number of imide groups is 1. The van der Waals surface area contributed by atoms with E-state index in [1.165, 1.54) is 10.9 Å². The Kier molecular flexibility index (Phi) is 10.1. The van der Waals surface area contributed by atoms with Crippen molar-refractivity contribution in [3.05, 3.63) is 106 Å². The Hall–Kier alpha value is -6.35. The lowest BCUT2D eigenvalue weighted by Gasteiger charge is -2.29. The second kappa shape index (κ2) is 15.3. The molecular formula is C42H46N10O5. The van der Waals surface area contributed by atoms with Gasteiger partial charge in [-0.05, 0) is 86.6 Å². The van der Waals surface area contributed by atoms with Crippen LogP contribution in [-0.4, -0.2) is 78.2 Å². The van der Waals surface area contributed by atoms with E-state index in [1.54, 1.807) is 21.7 Å². The fraction of sp³-hybridized carbons (Fsp3) is 0.357. The van der Waals surface area contributed by atoms with Crippen molar-refractivity contribution in [2.75, 3.05) is 35.7 Å². The number of nitrogens with zero attached hydrogens (tertiary/aromatic N) is 7. The summed E-state index contributed by atoms with van der Waals surface area (Å²) in [5, 5.41) is 20.7. The SMILES string of the molecule is C=CCn1c(=O)c2cnc(Nc3ccc(N(C)CCCCNc4cccc5c4CN(C4CCC(=O)NC4=O)C5=O)cc3)nc2n1-c1ccc2c(n1)[C@@](O)(CC)CC2. The van der Waals surface area contributed by atoms with Gasteiger partial charge in [-0.2, -0.15) is 4.98 Å². The Morgan fingerprint density at radius 2 is 1.88 bits per heavy atom. The van der Waals surface area contributed by atoms with Crippen LogP contribution >= 0.6 is 0 Å². The standard InChI is InChI=1S/C42H46N10O5/c1-4-22-51-40(56)30-24-44-41(48-37(30)52(51)34-17-11-26-19-20-42(57,5-2)36(26)46-34)45-27-12-14-28(15-13-27)49(3)23-7-6-21-43-32-10-8-9-29-31(32)25-50(39(29)55)33-16-18-35(53)47-38(33)54/h4,8-15,17,24,33,43,57H,1,5-7,16,18-23,25H2,2-3H3,(H,44,45,48)(H,47,53,54)/t33?,42-/m1/s1. The number of nitrogens with one attached hydrogen (secondary N) is 3.